The zero-order valence-corrected chi connectivity index (χ0v) is 13.9. The van der Waals surface area contributed by atoms with E-state index < -0.39 is 12.1 Å². The number of para-hydroxylation sites is 2. The van der Waals surface area contributed by atoms with Gasteiger partial charge in [-0.3, -0.25) is 0 Å². The SMILES string of the molecule is O=C([O-])C(F)(F)F.c1ccc(Oc2ccccc2C2CCCOC2)cc1. The van der Waals surface area contributed by atoms with Crippen LogP contribution in [0.4, 0.5) is 13.2 Å². The minimum atomic E-state index is -5.19. The molecule has 1 fully saturated rings. The average molecular weight is 367 g/mol. The van der Waals surface area contributed by atoms with Gasteiger partial charge in [0.15, 0.2) is 0 Å². The Kier molecular flexibility index (Phi) is 7.03. The van der Waals surface area contributed by atoms with Crippen molar-refractivity contribution in [3.63, 3.8) is 0 Å². The molecule has 26 heavy (non-hydrogen) atoms. The molecule has 1 atom stereocenters. The zero-order valence-electron chi connectivity index (χ0n) is 13.9. The van der Waals surface area contributed by atoms with Gasteiger partial charge in [-0.05, 0) is 31.0 Å². The number of ether oxygens (including phenoxy) is 2. The van der Waals surface area contributed by atoms with Crippen molar-refractivity contribution in [1.29, 1.82) is 0 Å². The highest BCUT2D eigenvalue weighted by molar-refractivity contribution is 5.70. The first-order valence-corrected chi connectivity index (χ1v) is 8.05. The maximum Gasteiger partial charge on any atom is 0.430 e. The van der Waals surface area contributed by atoms with Crippen LogP contribution in [0, 0.1) is 0 Å². The van der Waals surface area contributed by atoms with Gasteiger partial charge in [-0.2, -0.15) is 13.2 Å². The molecule has 4 nitrogen and oxygen atoms in total. The maximum atomic E-state index is 10.5. The van der Waals surface area contributed by atoms with Gasteiger partial charge in [0.05, 0.1) is 6.61 Å². The fourth-order valence-corrected chi connectivity index (χ4v) is 2.51. The second-order valence-corrected chi connectivity index (χ2v) is 5.65. The first-order chi connectivity index (χ1) is 12.4. The van der Waals surface area contributed by atoms with Gasteiger partial charge >= 0.3 is 6.18 Å². The fraction of sp³-hybridized carbons (Fsp3) is 0.316. The highest BCUT2D eigenvalue weighted by atomic mass is 19.4. The molecule has 1 unspecified atom stereocenters. The van der Waals surface area contributed by atoms with Gasteiger partial charge < -0.3 is 19.4 Å². The summed E-state index contributed by atoms with van der Waals surface area (Å²) in [5.41, 5.74) is 1.26. The van der Waals surface area contributed by atoms with Crippen molar-refractivity contribution in [2.75, 3.05) is 13.2 Å². The van der Waals surface area contributed by atoms with E-state index in [1.807, 2.05) is 42.5 Å². The van der Waals surface area contributed by atoms with E-state index in [0.717, 1.165) is 31.1 Å². The third-order valence-electron chi connectivity index (χ3n) is 3.72. The van der Waals surface area contributed by atoms with E-state index in [4.69, 9.17) is 19.4 Å². The largest absolute Gasteiger partial charge is 0.542 e. The van der Waals surface area contributed by atoms with Crippen molar-refractivity contribution in [2.45, 2.75) is 24.9 Å². The van der Waals surface area contributed by atoms with Crippen LogP contribution in [0.1, 0.15) is 24.3 Å². The number of hydrogen-bond acceptors (Lipinski definition) is 4. The van der Waals surface area contributed by atoms with Gasteiger partial charge in [-0.1, -0.05) is 36.4 Å². The van der Waals surface area contributed by atoms with E-state index in [-0.39, 0.29) is 0 Å². The molecule has 0 aromatic heterocycles. The second kappa shape index (κ2) is 9.24. The molecule has 2 aromatic carbocycles. The van der Waals surface area contributed by atoms with Gasteiger partial charge in [0, 0.05) is 18.1 Å². The Morgan fingerprint density at radius 3 is 2.27 bits per heavy atom. The molecule has 0 N–H and O–H groups in total. The topological polar surface area (TPSA) is 58.6 Å². The first kappa shape index (κ1) is 19.8. The highest BCUT2D eigenvalue weighted by Gasteiger charge is 2.28. The number of carbonyl (C=O) groups is 1. The summed E-state index contributed by atoms with van der Waals surface area (Å²) in [6.45, 7) is 1.69. The molecular formula is C19H18F3O4-. The first-order valence-electron chi connectivity index (χ1n) is 8.05. The molecule has 0 bridgehead atoms. The standard InChI is InChI=1S/C17H18O2.C2HF3O2/c1-2-8-15(9-3-1)19-17-11-5-4-10-16(17)14-7-6-12-18-13-14;3-2(4,5)1(6)7/h1-5,8-11,14H,6-7,12-13H2;(H,6,7)/p-1. The van der Waals surface area contributed by atoms with Crippen molar-refractivity contribution < 1.29 is 32.5 Å². The summed E-state index contributed by atoms with van der Waals surface area (Å²) in [6, 6.07) is 18.2. The van der Waals surface area contributed by atoms with Crippen molar-refractivity contribution in [3.05, 3.63) is 60.2 Å². The number of carboxylic acid groups (broad SMARTS) is 1. The van der Waals surface area contributed by atoms with Crippen LogP contribution in [0.3, 0.4) is 0 Å². The molecular weight excluding hydrogens is 349 g/mol. The normalized spacial score (nSPS) is 17.0. The number of benzene rings is 2. The third kappa shape index (κ3) is 6.07. The molecule has 1 saturated heterocycles. The van der Waals surface area contributed by atoms with Crippen LogP contribution in [0.5, 0.6) is 11.5 Å². The summed E-state index contributed by atoms with van der Waals surface area (Å²) in [5, 5.41) is 8.78. The molecule has 1 aliphatic rings. The van der Waals surface area contributed by atoms with Crippen molar-refractivity contribution in [3.8, 4) is 11.5 Å². The van der Waals surface area contributed by atoms with Crippen LogP contribution in [0.15, 0.2) is 54.6 Å². The summed E-state index contributed by atoms with van der Waals surface area (Å²) < 4.78 is 43.1. The number of rotatable bonds is 3. The minimum Gasteiger partial charge on any atom is -0.542 e. The number of halogens is 3. The lowest BCUT2D eigenvalue weighted by Crippen LogP contribution is -2.37. The van der Waals surface area contributed by atoms with E-state index in [0.29, 0.717) is 5.92 Å². The van der Waals surface area contributed by atoms with E-state index in [1.165, 1.54) is 12.0 Å². The molecule has 0 saturated carbocycles. The highest BCUT2D eigenvalue weighted by Crippen LogP contribution is 2.34. The van der Waals surface area contributed by atoms with Crippen LogP contribution in [0.25, 0.3) is 0 Å². The molecule has 0 spiro atoms. The predicted molar refractivity (Wildman–Crippen MR) is 86.8 cm³/mol. The summed E-state index contributed by atoms with van der Waals surface area (Å²) in [5.74, 6) is -0.725. The summed E-state index contributed by atoms with van der Waals surface area (Å²) >= 11 is 0. The Morgan fingerprint density at radius 2 is 1.69 bits per heavy atom. The lowest BCUT2D eigenvalue weighted by molar-refractivity contribution is -0.344. The van der Waals surface area contributed by atoms with Crippen molar-refractivity contribution >= 4 is 5.97 Å². The van der Waals surface area contributed by atoms with Gasteiger partial charge in [-0.25, -0.2) is 0 Å². The third-order valence-corrected chi connectivity index (χ3v) is 3.72. The van der Waals surface area contributed by atoms with Gasteiger partial charge in [0.1, 0.15) is 17.5 Å². The molecule has 1 aliphatic heterocycles. The monoisotopic (exact) mass is 367 g/mol. The lowest BCUT2D eigenvalue weighted by Gasteiger charge is -2.24. The number of aliphatic carboxylic acids is 1. The molecule has 2 aromatic rings. The number of carbonyl (C=O) groups excluding carboxylic acids is 1. The van der Waals surface area contributed by atoms with E-state index >= 15 is 0 Å². The Labute approximate surface area is 149 Å². The van der Waals surface area contributed by atoms with Crippen molar-refractivity contribution in [2.24, 2.45) is 0 Å². The van der Waals surface area contributed by atoms with Gasteiger partial charge in [0.2, 0.25) is 0 Å². The summed E-state index contributed by atoms with van der Waals surface area (Å²) in [4.78, 5) is 8.78. The summed E-state index contributed by atoms with van der Waals surface area (Å²) in [6.07, 6.45) is -2.89. The Balaban J connectivity index is 0.000000298. The van der Waals surface area contributed by atoms with Crippen molar-refractivity contribution in [1.82, 2.24) is 0 Å². The number of carboxylic acids is 1. The Morgan fingerprint density at radius 1 is 1.08 bits per heavy atom. The minimum absolute atomic E-state index is 0.452. The van der Waals surface area contributed by atoms with Crippen LogP contribution in [-0.4, -0.2) is 25.4 Å². The number of alkyl halides is 3. The quantitative estimate of drug-likeness (QED) is 0.831. The molecule has 0 radical (unpaired) electrons. The van der Waals surface area contributed by atoms with E-state index in [1.54, 1.807) is 0 Å². The fourth-order valence-electron chi connectivity index (χ4n) is 2.51. The second-order valence-electron chi connectivity index (χ2n) is 5.65. The number of hydrogen-bond donors (Lipinski definition) is 0. The molecule has 1 heterocycles. The van der Waals surface area contributed by atoms with Crippen LogP contribution < -0.4 is 9.84 Å². The zero-order chi connectivity index (χ0) is 19.0. The summed E-state index contributed by atoms with van der Waals surface area (Å²) in [7, 11) is 0. The molecule has 0 aliphatic carbocycles. The van der Waals surface area contributed by atoms with Gasteiger partial charge in [-0.15, -0.1) is 0 Å². The van der Waals surface area contributed by atoms with Crippen LogP contribution in [-0.2, 0) is 9.53 Å². The molecule has 140 valence electrons. The smallest absolute Gasteiger partial charge is 0.430 e. The maximum absolute atomic E-state index is 10.5. The van der Waals surface area contributed by atoms with Gasteiger partial charge in [0.25, 0.3) is 0 Å². The molecule has 3 rings (SSSR count). The average Bonchev–Trinajstić information content (AvgIpc) is 2.63. The van der Waals surface area contributed by atoms with E-state index in [2.05, 4.69) is 12.1 Å². The molecule has 7 heteroatoms. The Bertz CT molecular complexity index is 695. The Hall–Kier alpha value is -2.54. The molecule has 0 amide bonds. The van der Waals surface area contributed by atoms with E-state index in [9.17, 15) is 13.2 Å². The predicted octanol–water partition coefficient (Wildman–Crippen LogP) is 3.67. The van der Waals surface area contributed by atoms with Crippen LogP contribution >= 0.6 is 0 Å². The lowest BCUT2D eigenvalue weighted by atomic mass is 9.93. The van der Waals surface area contributed by atoms with Crippen LogP contribution in [0.2, 0.25) is 0 Å².